The van der Waals surface area contributed by atoms with E-state index >= 15 is 0 Å². The molecule has 0 atom stereocenters. The van der Waals surface area contributed by atoms with Crippen LogP contribution in [0.25, 0.3) is 0 Å². The summed E-state index contributed by atoms with van der Waals surface area (Å²) in [5, 5.41) is 0. The van der Waals surface area contributed by atoms with Gasteiger partial charge in [-0.1, -0.05) is 34.6 Å². The molecule has 0 N–H and O–H groups in total. The Morgan fingerprint density at radius 3 is 2.19 bits per heavy atom. The van der Waals surface area contributed by atoms with Crippen molar-refractivity contribution < 1.29 is 9.53 Å². The van der Waals surface area contributed by atoms with Crippen molar-refractivity contribution in [2.75, 3.05) is 26.2 Å². The fourth-order valence-corrected chi connectivity index (χ4v) is 1.38. The highest BCUT2D eigenvalue weighted by molar-refractivity contribution is 5.69. The summed E-state index contributed by atoms with van der Waals surface area (Å²) in [6, 6.07) is 0. The van der Waals surface area contributed by atoms with Gasteiger partial charge < -0.3 is 9.64 Å². The zero-order chi connectivity index (χ0) is 12.6. The number of hydrogen-bond acceptors (Lipinski definition) is 3. The van der Waals surface area contributed by atoms with E-state index in [1.807, 2.05) is 0 Å². The molecule has 0 unspecified atom stereocenters. The number of rotatable bonds is 7. The third-order valence-corrected chi connectivity index (χ3v) is 2.64. The number of esters is 1. The van der Waals surface area contributed by atoms with E-state index in [0.717, 1.165) is 26.1 Å². The predicted octanol–water partition coefficient (Wildman–Crippen LogP) is 2.70. The van der Waals surface area contributed by atoms with Crippen molar-refractivity contribution in [3.63, 3.8) is 0 Å². The van der Waals surface area contributed by atoms with Gasteiger partial charge in [-0.15, -0.1) is 0 Å². The van der Waals surface area contributed by atoms with E-state index in [1.54, 1.807) is 0 Å². The summed E-state index contributed by atoms with van der Waals surface area (Å²) in [6.07, 6.45) is 1.42. The maximum atomic E-state index is 11.4. The van der Waals surface area contributed by atoms with Crippen molar-refractivity contribution in [1.29, 1.82) is 0 Å². The Hall–Kier alpha value is -0.570. The van der Waals surface area contributed by atoms with Gasteiger partial charge in [-0.3, -0.25) is 4.79 Å². The molecule has 16 heavy (non-hydrogen) atoms. The molecule has 96 valence electrons. The standard InChI is InChI=1S/C13H27NO2/c1-6-14(7-2)10-11-16-12(15)8-9-13(3,4)5/h6-11H2,1-5H3. The van der Waals surface area contributed by atoms with Crippen LogP contribution < -0.4 is 0 Å². The first-order valence-electron chi connectivity index (χ1n) is 6.27. The van der Waals surface area contributed by atoms with E-state index in [9.17, 15) is 4.79 Å². The fourth-order valence-electron chi connectivity index (χ4n) is 1.38. The van der Waals surface area contributed by atoms with Crippen LogP contribution in [0.15, 0.2) is 0 Å². The van der Waals surface area contributed by atoms with Crippen molar-refractivity contribution in [2.24, 2.45) is 5.41 Å². The molecule has 0 saturated heterocycles. The first-order chi connectivity index (χ1) is 7.39. The van der Waals surface area contributed by atoms with Gasteiger partial charge in [-0.25, -0.2) is 0 Å². The molecule has 0 saturated carbocycles. The van der Waals surface area contributed by atoms with Crippen molar-refractivity contribution in [3.05, 3.63) is 0 Å². The summed E-state index contributed by atoms with van der Waals surface area (Å²) < 4.78 is 5.19. The molecule has 0 aliphatic rings. The second-order valence-corrected chi connectivity index (χ2v) is 5.31. The van der Waals surface area contributed by atoms with Crippen LogP contribution >= 0.6 is 0 Å². The Labute approximate surface area is 100 Å². The lowest BCUT2D eigenvalue weighted by Crippen LogP contribution is -2.28. The number of nitrogens with zero attached hydrogens (tertiary/aromatic N) is 1. The summed E-state index contributed by atoms with van der Waals surface area (Å²) in [5.41, 5.74) is 0.206. The normalized spacial score (nSPS) is 11.9. The van der Waals surface area contributed by atoms with E-state index < -0.39 is 0 Å². The largest absolute Gasteiger partial charge is 0.464 e. The topological polar surface area (TPSA) is 29.5 Å². The van der Waals surface area contributed by atoms with Gasteiger partial charge in [0.05, 0.1) is 0 Å². The summed E-state index contributed by atoms with van der Waals surface area (Å²) >= 11 is 0. The van der Waals surface area contributed by atoms with Crippen LogP contribution in [0.3, 0.4) is 0 Å². The maximum Gasteiger partial charge on any atom is 0.305 e. The number of carbonyl (C=O) groups excluding carboxylic acids is 1. The lowest BCUT2D eigenvalue weighted by molar-refractivity contribution is -0.144. The van der Waals surface area contributed by atoms with Gasteiger partial charge >= 0.3 is 5.97 Å². The molecule has 3 nitrogen and oxygen atoms in total. The van der Waals surface area contributed by atoms with E-state index in [4.69, 9.17) is 4.74 Å². The van der Waals surface area contributed by atoms with E-state index in [0.29, 0.717) is 13.0 Å². The summed E-state index contributed by atoms with van der Waals surface area (Å²) in [4.78, 5) is 13.7. The molecule has 0 amide bonds. The van der Waals surface area contributed by atoms with Crippen LogP contribution in [-0.2, 0) is 9.53 Å². The first-order valence-corrected chi connectivity index (χ1v) is 6.27. The Kier molecular flexibility index (Phi) is 7.39. The monoisotopic (exact) mass is 229 g/mol. The highest BCUT2D eigenvalue weighted by Gasteiger charge is 2.13. The van der Waals surface area contributed by atoms with Gasteiger partial charge in [0, 0.05) is 13.0 Å². The Bertz CT molecular complexity index is 193. The van der Waals surface area contributed by atoms with E-state index in [-0.39, 0.29) is 11.4 Å². The fraction of sp³-hybridized carbons (Fsp3) is 0.923. The quantitative estimate of drug-likeness (QED) is 0.629. The minimum Gasteiger partial charge on any atom is -0.464 e. The molecule has 0 rings (SSSR count). The molecule has 3 heteroatoms. The van der Waals surface area contributed by atoms with Gasteiger partial charge in [0.25, 0.3) is 0 Å². The Balaban J connectivity index is 3.58. The van der Waals surface area contributed by atoms with Gasteiger partial charge in [-0.05, 0) is 24.9 Å². The molecular formula is C13H27NO2. The number of likely N-dealkylation sites (N-methyl/N-ethyl adjacent to an activating group) is 1. The first kappa shape index (κ1) is 15.4. The third kappa shape index (κ3) is 8.72. The van der Waals surface area contributed by atoms with Crippen LogP contribution in [0.2, 0.25) is 0 Å². The molecule has 0 aromatic carbocycles. The van der Waals surface area contributed by atoms with Crippen molar-refractivity contribution in [2.45, 2.75) is 47.5 Å². The molecule has 0 bridgehead atoms. The molecular weight excluding hydrogens is 202 g/mol. The maximum absolute atomic E-state index is 11.4. The Morgan fingerprint density at radius 2 is 1.75 bits per heavy atom. The molecule has 0 aliphatic heterocycles. The minimum absolute atomic E-state index is 0.0675. The molecule has 0 aromatic heterocycles. The van der Waals surface area contributed by atoms with Gasteiger partial charge in [-0.2, -0.15) is 0 Å². The number of hydrogen-bond donors (Lipinski definition) is 0. The highest BCUT2D eigenvalue weighted by atomic mass is 16.5. The van der Waals surface area contributed by atoms with Crippen molar-refractivity contribution in [1.82, 2.24) is 4.90 Å². The van der Waals surface area contributed by atoms with Gasteiger partial charge in [0.15, 0.2) is 0 Å². The smallest absolute Gasteiger partial charge is 0.305 e. The van der Waals surface area contributed by atoms with Crippen LogP contribution in [0, 0.1) is 5.41 Å². The predicted molar refractivity (Wildman–Crippen MR) is 67.4 cm³/mol. The molecule has 0 spiro atoms. The van der Waals surface area contributed by atoms with Crippen LogP contribution in [0.4, 0.5) is 0 Å². The second-order valence-electron chi connectivity index (χ2n) is 5.31. The zero-order valence-electron chi connectivity index (χ0n) is 11.5. The minimum atomic E-state index is -0.0675. The number of carbonyl (C=O) groups is 1. The highest BCUT2D eigenvalue weighted by Crippen LogP contribution is 2.20. The van der Waals surface area contributed by atoms with Gasteiger partial charge in [0.2, 0.25) is 0 Å². The van der Waals surface area contributed by atoms with Crippen LogP contribution in [0.1, 0.15) is 47.5 Å². The lowest BCUT2D eigenvalue weighted by Gasteiger charge is -2.19. The average Bonchev–Trinajstić information content (AvgIpc) is 2.20. The third-order valence-electron chi connectivity index (χ3n) is 2.64. The number of ether oxygens (including phenoxy) is 1. The van der Waals surface area contributed by atoms with E-state index in [1.165, 1.54) is 0 Å². The summed E-state index contributed by atoms with van der Waals surface area (Å²) in [7, 11) is 0. The average molecular weight is 229 g/mol. The Morgan fingerprint density at radius 1 is 1.19 bits per heavy atom. The molecule has 0 aromatic rings. The molecule has 0 fully saturated rings. The van der Waals surface area contributed by atoms with Crippen molar-refractivity contribution in [3.8, 4) is 0 Å². The molecule has 0 aliphatic carbocycles. The second kappa shape index (κ2) is 7.66. The molecule has 0 heterocycles. The van der Waals surface area contributed by atoms with Crippen LogP contribution in [-0.4, -0.2) is 37.1 Å². The summed E-state index contributed by atoms with van der Waals surface area (Å²) in [6.45, 7) is 14.0. The SMILES string of the molecule is CCN(CC)CCOC(=O)CCC(C)(C)C. The van der Waals surface area contributed by atoms with E-state index in [2.05, 4.69) is 39.5 Å². The van der Waals surface area contributed by atoms with Crippen molar-refractivity contribution >= 4 is 5.97 Å². The van der Waals surface area contributed by atoms with Gasteiger partial charge in [0.1, 0.15) is 6.61 Å². The lowest BCUT2D eigenvalue weighted by atomic mass is 9.91. The summed E-state index contributed by atoms with van der Waals surface area (Å²) in [5.74, 6) is -0.0675. The molecule has 0 radical (unpaired) electrons. The van der Waals surface area contributed by atoms with Crippen LogP contribution in [0.5, 0.6) is 0 Å². The zero-order valence-corrected chi connectivity index (χ0v) is 11.5.